The van der Waals surface area contributed by atoms with Crippen LogP contribution in [-0.2, 0) is 0 Å². The molecule has 0 aromatic rings. The van der Waals surface area contributed by atoms with Crippen LogP contribution in [0, 0.1) is 0 Å². The monoisotopic (exact) mass is 120 g/mol. The molecule has 0 aromatic carbocycles. The maximum atomic E-state index is 5.35. The molecule has 2 nitrogen and oxygen atoms in total. The first-order chi connectivity index (χ1) is 3.31. The summed E-state index contributed by atoms with van der Waals surface area (Å²) in [5, 5.41) is 5.26. The molecule has 0 aromatic heterocycles. The minimum atomic E-state index is 0.607. The van der Waals surface area contributed by atoms with Crippen molar-refractivity contribution in [3.63, 3.8) is 0 Å². The molecular weight excluding hydrogens is 112 g/mol. The van der Waals surface area contributed by atoms with Gasteiger partial charge < -0.3 is 0 Å². The lowest BCUT2D eigenvalue weighted by Crippen LogP contribution is -2.12. The number of nitrogens with zero attached hydrogens (tertiary/aromatic N) is 2. The summed E-state index contributed by atoms with van der Waals surface area (Å²) in [6, 6.07) is 0. The number of alkyl halides is 1. The van der Waals surface area contributed by atoms with E-state index in [2.05, 4.69) is 11.8 Å². The Morgan fingerprint density at radius 2 is 2.43 bits per heavy atom. The first-order valence-corrected chi connectivity index (χ1v) is 2.58. The highest BCUT2D eigenvalue weighted by atomic mass is 35.5. The van der Waals surface area contributed by atoms with Gasteiger partial charge in [0.15, 0.2) is 0 Å². The summed E-state index contributed by atoms with van der Waals surface area (Å²) in [7, 11) is 1.83. The molecule has 0 unspecified atom stereocenters. The number of hydrogen-bond acceptors (Lipinski definition) is 2. The van der Waals surface area contributed by atoms with Gasteiger partial charge >= 0.3 is 0 Å². The molecule has 0 saturated heterocycles. The zero-order valence-corrected chi connectivity index (χ0v) is 5.15. The van der Waals surface area contributed by atoms with Crippen molar-refractivity contribution in [1.82, 2.24) is 5.01 Å². The van der Waals surface area contributed by atoms with Crippen LogP contribution < -0.4 is 0 Å². The molecule has 0 N–H and O–H groups in total. The van der Waals surface area contributed by atoms with Crippen molar-refractivity contribution in [1.29, 1.82) is 0 Å². The minimum Gasteiger partial charge on any atom is -0.299 e. The molecule has 7 heavy (non-hydrogen) atoms. The topological polar surface area (TPSA) is 15.6 Å². The Balaban J connectivity index is 2.98. The van der Waals surface area contributed by atoms with Gasteiger partial charge in [0.05, 0.1) is 0 Å². The van der Waals surface area contributed by atoms with Crippen LogP contribution in [0.15, 0.2) is 5.10 Å². The number of hydrazone groups is 1. The second-order valence-corrected chi connectivity index (χ2v) is 1.59. The van der Waals surface area contributed by atoms with Crippen molar-refractivity contribution in [3.05, 3.63) is 0 Å². The van der Waals surface area contributed by atoms with Gasteiger partial charge in [0.1, 0.15) is 0 Å². The lowest BCUT2D eigenvalue weighted by atomic mass is 10.7. The summed E-state index contributed by atoms with van der Waals surface area (Å²) in [4.78, 5) is 0. The number of rotatable bonds is 3. The Bertz CT molecular complexity index is 55.7. The van der Waals surface area contributed by atoms with Crippen molar-refractivity contribution in [2.75, 3.05) is 19.5 Å². The van der Waals surface area contributed by atoms with Gasteiger partial charge in [0, 0.05) is 26.2 Å². The molecule has 3 heteroatoms. The van der Waals surface area contributed by atoms with Crippen LogP contribution in [0.4, 0.5) is 0 Å². The Hall–Kier alpha value is -0.240. The fourth-order valence-electron chi connectivity index (χ4n) is 0.193. The SMILES string of the molecule is C=NN(C)CCCl. The molecule has 0 aliphatic carbocycles. The summed E-state index contributed by atoms with van der Waals surface area (Å²) >= 11 is 5.35. The Morgan fingerprint density at radius 3 is 2.57 bits per heavy atom. The zero-order valence-electron chi connectivity index (χ0n) is 4.39. The van der Waals surface area contributed by atoms with Crippen LogP contribution in [0.2, 0.25) is 0 Å². The minimum absolute atomic E-state index is 0.607. The van der Waals surface area contributed by atoms with Gasteiger partial charge in [-0.3, -0.25) is 5.01 Å². The van der Waals surface area contributed by atoms with E-state index in [0.29, 0.717) is 5.88 Å². The molecule has 0 aliphatic heterocycles. The quantitative estimate of drug-likeness (QED) is 0.305. The summed E-state index contributed by atoms with van der Waals surface area (Å²) in [5.74, 6) is 0.607. The zero-order chi connectivity index (χ0) is 5.70. The summed E-state index contributed by atoms with van der Waals surface area (Å²) in [5.41, 5.74) is 0. The maximum absolute atomic E-state index is 5.35. The van der Waals surface area contributed by atoms with Crippen molar-refractivity contribution in [2.24, 2.45) is 5.10 Å². The van der Waals surface area contributed by atoms with Gasteiger partial charge in [0.2, 0.25) is 0 Å². The van der Waals surface area contributed by atoms with Crippen LogP contribution in [0.1, 0.15) is 0 Å². The van der Waals surface area contributed by atoms with E-state index in [1.807, 2.05) is 7.05 Å². The highest BCUT2D eigenvalue weighted by Crippen LogP contribution is 1.81. The number of halogens is 1. The van der Waals surface area contributed by atoms with E-state index in [9.17, 15) is 0 Å². The summed E-state index contributed by atoms with van der Waals surface area (Å²) in [6.07, 6.45) is 0. The molecular formula is C4H9ClN2. The Morgan fingerprint density at radius 1 is 1.86 bits per heavy atom. The molecule has 0 spiro atoms. The first kappa shape index (κ1) is 6.76. The molecule has 0 saturated carbocycles. The molecule has 0 rings (SSSR count). The molecule has 0 aliphatic rings. The number of hydrogen-bond donors (Lipinski definition) is 0. The molecule has 0 heterocycles. The third-order valence-corrected chi connectivity index (χ3v) is 0.819. The van der Waals surface area contributed by atoms with Gasteiger partial charge in [-0.2, -0.15) is 5.10 Å². The molecule has 0 atom stereocenters. The van der Waals surface area contributed by atoms with Crippen LogP contribution >= 0.6 is 11.6 Å². The third kappa shape index (κ3) is 3.59. The largest absolute Gasteiger partial charge is 0.299 e. The fraction of sp³-hybridized carbons (Fsp3) is 0.750. The maximum Gasteiger partial charge on any atom is 0.0492 e. The van der Waals surface area contributed by atoms with E-state index in [4.69, 9.17) is 11.6 Å². The van der Waals surface area contributed by atoms with Crippen molar-refractivity contribution in [2.45, 2.75) is 0 Å². The van der Waals surface area contributed by atoms with E-state index in [-0.39, 0.29) is 0 Å². The Labute approximate surface area is 48.8 Å². The highest BCUT2D eigenvalue weighted by molar-refractivity contribution is 6.18. The van der Waals surface area contributed by atoms with E-state index < -0.39 is 0 Å². The Kier molecular flexibility index (Phi) is 3.80. The standard InChI is InChI=1S/C4H9ClN2/c1-6-7(2)4-3-5/h1,3-4H2,2H3. The predicted octanol–water partition coefficient (Wildman–Crippen LogP) is 0.773. The van der Waals surface area contributed by atoms with Crippen LogP contribution in [-0.4, -0.2) is 31.2 Å². The molecule has 0 radical (unpaired) electrons. The van der Waals surface area contributed by atoms with Gasteiger partial charge in [-0.05, 0) is 0 Å². The van der Waals surface area contributed by atoms with Crippen molar-refractivity contribution in [3.8, 4) is 0 Å². The van der Waals surface area contributed by atoms with Crippen molar-refractivity contribution >= 4 is 18.3 Å². The second-order valence-electron chi connectivity index (χ2n) is 1.21. The van der Waals surface area contributed by atoms with E-state index in [1.54, 1.807) is 5.01 Å². The molecule has 0 fully saturated rings. The normalized spacial score (nSPS) is 8.29. The average Bonchev–Trinajstić information content (AvgIpc) is 1.68. The van der Waals surface area contributed by atoms with Crippen LogP contribution in [0.5, 0.6) is 0 Å². The second kappa shape index (κ2) is 3.93. The van der Waals surface area contributed by atoms with Gasteiger partial charge in [-0.1, -0.05) is 0 Å². The van der Waals surface area contributed by atoms with Gasteiger partial charge in [-0.15, -0.1) is 11.6 Å². The molecule has 0 amide bonds. The first-order valence-electron chi connectivity index (χ1n) is 2.05. The van der Waals surface area contributed by atoms with Crippen molar-refractivity contribution < 1.29 is 0 Å². The lowest BCUT2D eigenvalue weighted by molar-refractivity contribution is 0.381. The smallest absolute Gasteiger partial charge is 0.0492 e. The average molecular weight is 121 g/mol. The third-order valence-electron chi connectivity index (χ3n) is 0.650. The summed E-state index contributed by atoms with van der Waals surface area (Å²) < 4.78 is 0. The van der Waals surface area contributed by atoms with Crippen LogP contribution in [0.3, 0.4) is 0 Å². The molecule has 0 bridgehead atoms. The van der Waals surface area contributed by atoms with Gasteiger partial charge in [0.25, 0.3) is 0 Å². The van der Waals surface area contributed by atoms with Crippen LogP contribution in [0.25, 0.3) is 0 Å². The van der Waals surface area contributed by atoms with E-state index in [1.165, 1.54) is 0 Å². The summed E-state index contributed by atoms with van der Waals surface area (Å²) in [6.45, 7) is 4.07. The lowest BCUT2D eigenvalue weighted by Gasteiger charge is -2.06. The molecule has 42 valence electrons. The fourth-order valence-corrected chi connectivity index (χ4v) is 0.438. The van der Waals surface area contributed by atoms with E-state index in [0.717, 1.165) is 6.54 Å². The van der Waals surface area contributed by atoms with E-state index >= 15 is 0 Å². The predicted molar refractivity (Wildman–Crippen MR) is 32.9 cm³/mol. The van der Waals surface area contributed by atoms with Gasteiger partial charge in [-0.25, -0.2) is 0 Å². The highest BCUT2D eigenvalue weighted by Gasteiger charge is 1.83.